The molecule has 0 unspecified atom stereocenters. The smallest absolute Gasteiger partial charge is 0.265 e. The minimum absolute atomic E-state index is 0.136. The highest BCUT2D eigenvalue weighted by molar-refractivity contribution is 5.50. The Hall–Kier alpha value is -1.86. The fourth-order valence-electron chi connectivity index (χ4n) is 0.993. The Morgan fingerprint density at radius 2 is 2.50 bits per heavy atom. The van der Waals surface area contributed by atoms with E-state index >= 15 is 0 Å². The fourth-order valence-corrected chi connectivity index (χ4v) is 0.993. The van der Waals surface area contributed by atoms with E-state index < -0.39 is 0 Å². The number of H-pyrrole nitrogens is 1. The van der Waals surface area contributed by atoms with Crippen molar-refractivity contribution in [2.45, 2.75) is 0 Å². The zero-order valence-electron chi connectivity index (χ0n) is 7.87. The van der Waals surface area contributed by atoms with E-state index in [2.05, 4.69) is 10.3 Å². The molecule has 0 atom stereocenters. The van der Waals surface area contributed by atoms with E-state index in [0.29, 0.717) is 0 Å². The molecule has 1 aromatic heterocycles. The highest BCUT2D eigenvalue weighted by Crippen LogP contribution is 1.99. The van der Waals surface area contributed by atoms with Gasteiger partial charge in [0.25, 0.3) is 5.56 Å². The van der Waals surface area contributed by atoms with Crippen LogP contribution in [0.4, 0.5) is 0 Å². The lowest BCUT2D eigenvalue weighted by Crippen LogP contribution is -2.09. The molecule has 0 saturated carbocycles. The van der Waals surface area contributed by atoms with Crippen LogP contribution in [-0.4, -0.2) is 18.6 Å². The number of nitrogens with zero attached hydrogens (tertiary/aromatic N) is 1. The molecule has 14 heavy (non-hydrogen) atoms. The molecule has 0 aliphatic carbocycles. The lowest BCUT2D eigenvalue weighted by molar-refractivity contribution is 0.922. The summed E-state index contributed by atoms with van der Waals surface area (Å²) in [5.74, 6) is 0. The predicted molar refractivity (Wildman–Crippen MR) is 54.7 cm³/mol. The molecule has 0 fully saturated rings. The van der Waals surface area contributed by atoms with Gasteiger partial charge in [-0.15, -0.1) is 0 Å². The van der Waals surface area contributed by atoms with Crippen LogP contribution in [0.1, 0.15) is 11.1 Å². The molecule has 0 radical (unpaired) electrons. The first kappa shape index (κ1) is 10.2. The van der Waals surface area contributed by atoms with E-state index in [1.165, 1.54) is 0 Å². The average molecular weight is 189 g/mol. The number of hydrogen-bond acceptors (Lipinski definition) is 3. The van der Waals surface area contributed by atoms with Gasteiger partial charge < -0.3 is 10.3 Å². The maximum absolute atomic E-state index is 11.0. The van der Waals surface area contributed by atoms with Crippen molar-refractivity contribution in [3.63, 3.8) is 0 Å². The molecule has 0 aromatic carbocycles. The minimum atomic E-state index is -0.349. The predicted octanol–water partition coefficient (Wildman–Crippen LogP) is 0.479. The van der Waals surface area contributed by atoms with Gasteiger partial charge in [0.05, 0.1) is 0 Å². The first-order valence-electron chi connectivity index (χ1n) is 4.22. The molecule has 1 aromatic rings. The molecule has 0 saturated heterocycles. The van der Waals surface area contributed by atoms with Gasteiger partial charge >= 0.3 is 0 Å². The van der Waals surface area contributed by atoms with Crippen molar-refractivity contribution in [2.24, 2.45) is 0 Å². The Balaban J connectivity index is 2.91. The lowest BCUT2D eigenvalue weighted by Gasteiger charge is -1.93. The fraction of sp³-hybridized carbons (Fsp3) is 0.200. The topological polar surface area (TPSA) is 68.7 Å². The van der Waals surface area contributed by atoms with Crippen molar-refractivity contribution in [2.75, 3.05) is 13.6 Å². The summed E-state index contributed by atoms with van der Waals surface area (Å²) >= 11 is 0. The third-order valence-corrected chi connectivity index (χ3v) is 1.68. The van der Waals surface area contributed by atoms with E-state index in [9.17, 15) is 4.79 Å². The van der Waals surface area contributed by atoms with Crippen LogP contribution in [0.3, 0.4) is 0 Å². The molecular formula is C10H11N3O. The van der Waals surface area contributed by atoms with Crippen LogP contribution < -0.4 is 10.9 Å². The second-order valence-electron chi connectivity index (χ2n) is 2.75. The summed E-state index contributed by atoms with van der Waals surface area (Å²) in [4.78, 5) is 13.5. The molecule has 0 bridgehead atoms. The first-order chi connectivity index (χ1) is 6.77. The number of rotatable bonds is 3. The maximum atomic E-state index is 11.0. The number of nitriles is 1. The van der Waals surface area contributed by atoms with E-state index in [1.54, 1.807) is 12.3 Å². The first-order valence-corrected chi connectivity index (χ1v) is 4.22. The van der Waals surface area contributed by atoms with Crippen LogP contribution in [0.15, 0.2) is 23.1 Å². The number of hydrogen-bond donors (Lipinski definition) is 2. The van der Waals surface area contributed by atoms with Crippen LogP contribution in [0.5, 0.6) is 0 Å². The minimum Gasteiger partial charge on any atom is -0.327 e. The summed E-state index contributed by atoms with van der Waals surface area (Å²) in [6.07, 6.45) is 5.33. The Labute approximate surface area is 81.9 Å². The monoisotopic (exact) mass is 189 g/mol. The SMILES string of the molecule is CNCC=Cc1c[nH]c(=O)c(C#N)c1. The Bertz CT molecular complexity index is 426. The summed E-state index contributed by atoms with van der Waals surface area (Å²) in [7, 11) is 1.85. The molecule has 4 heteroatoms. The summed E-state index contributed by atoms with van der Waals surface area (Å²) in [5, 5.41) is 11.6. The third kappa shape index (κ3) is 2.57. The molecule has 0 spiro atoms. The van der Waals surface area contributed by atoms with Gasteiger partial charge in [0.15, 0.2) is 0 Å². The van der Waals surface area contributed by atoms with Gasteiger partial charge in [0.2, 0.25) is 0 Å². The van der Waals surface area contributed by atoms with Gasteiger partial charge in [-0.1, -0.05) is 12.2 Å². The van der Waals surface area contributed by atoms with Crippen LogP contribution in [0.2, 0.25) is 0 Å². The molecule has 1 heterocycles. The zero-order valence-corrected chi connectivity index (χ0v) is 7.87. The molecule has 0 amide bonds. The highest BCUT2D eigenvalue weighted by Gasteiger charge is 1.97. The molecule has 72 valence electrons. The number of likely N-dealkylation sites (N-methyl/N-ethyl adjacent to an activating group) is 1. The van der Waals surface area contributed by atoms with Gasteiger partial charge in [0, 0.05) is 12.7 Å². The van der Waals surface area contributed by atoms with E-state index in [0.717, 1.165) is 12.1 Å². The Morgan fingerprint density at radius 1 is 1.71 bits per heavy atom. The number of pyridine rings is 1. The Morgan fingerprint density at radius 3 is 3.14 bits per heavy atom. The third-order valence-electron chi connectivity index (χ3n) is 1.68. The highest BCUT2D eigenvalue weighted by atomic mass is 16.1. The van der Waals surface area contributed by atoms with E-state index in [1.807, 2.05) is 25.3 Å². The van der Waals surface area contributed by atoms with Crippen molar-refractivity contribution in [3.05, 3.63) is 39.8 Å². The van der Waals surface area contributed by atoms with Crippen molar-refractivity contribution in [1.29, 1.82) is 5.26 Å². The summed E-state index contributed by atoms with van der Waals surface area (Å²) in [6.45, 7) is 0.751. The largest absolute Gasteiger partial charge is 0.327 e. The summed E-state index contributed by atoms with van der Waals surface area (Å²) < 4.78 is 0. The van der Waals surface area contributed by atoms with Crippen LogP contribution in [0, 0.1) is 11.3 Å². The maximum Gasteiger partial charge on any atom is 0.265 e. The number of aromatic nitrogens is 1. The molecular weight excluding hydrogens is 178 g/mol. The van der Waals surface area contributed by atoms with Crippen LogP contribution in [-0.2, 0) is 0 Å². The molecule has 4 nitrogen and oxygen atoms in total. The van der Waals surface area contributed by atoms with Crippen molar-refractivity contribution < 1.29 is 0 Å². The molecule has 0 aliphatic rings. The van der Waals surface area contributed by atoms with E-state index in [4.69, 9.17) is 5.26 Å². The molecule has 2 N–H and O–H groups in total. The molecule has 1 rings (SSSR count). The quantitative estimate of drug-likeness (QED) is 0.726. The standard InChI is InChI=1S/C10H11N3O/c1-12-4-2-3-8-5-9(6-11)10(14)13-7-8/h2-3,5,7,12H,4H2,1H3,(H,13,14). The molecule has 0 aliphatic heterocycles. The van der Waals surface area contributed by atoms with Crippen LogP contribution in [0.25, 0.3) is 6.08 Å². The van der Waals surface area contributed by atoms with Gasteiger partial charge in [-0.3, -0.25) is 4.79 Å². The summed E-state index contributed by atoms with van der Waals surface area (Å²) in [6, 6.07) is 3.39. The van der Waals surface area contributed by atoms with Crippen molar-refractivity contribution >= 4 is 6.08 Å². The zero-order chi connectivity index (χ0) is 10.4. The van der Waals surface area contributed by atoms with Gasteiger partial charge in [-0.05, 0) is 18.7 Å². The number of aromatic amines is 1. The van der Waals surface area contributed by atoms with Crippen molar-refractivity contribution in [3.8, 4) is 6.07 Å². The number of nitrogens with one attached hydrogen (secondary N) is 2. The second-order valence-corrected chi connectivity index (χ2v) is 2.75. The normalized spacial score (nSPS) is 10.3. The average Bonchev–Trinajstić information content (AvgIpc) is 2.21. The van der Waals surface area contributed by atoms with Crippen molar-refractivity contribution in [1.82, 2.24) is 10.3 Å². The second kappa shape index (κ2) is 5.00. The van der Waals surface area contributed by atoms with E-state index in [-0.39, 0.29) is 11.1 Å². The van der Waals surface area contributed by atoms with Gasteiger partial charge in [0.1, 0.15) is 11.6 Å². The summed E-state index contributed by atoms with van der Waals surface area (Å²) in [5.41, 5.74) is 0.603. The van der Waals surface area contributed by atoms with Gasteiger partial charge in [-0.25, -0.2) is 0 Å². The van der Waals surface area contributed by atoms with Crippen LogP contribution >= 0.6 is 0 Å². The lowest BCUT2D eigenvalue weighted by atomic mass is 10.2. The van der Waals surface area contributed by atoms with Gasteiger partial charge in [-0.2, -0.15) is 5.26 Å². The Kier molecular flexibility index (Phi) is 3.65.